The molecule has 0 bridgehead atoms. The van der Waals surface area contributed by atoms with Crippen molar-refractivity contribution in [3.8, 4) is 28.5 Å². The van der Waals surface area contributed by atoms with Crippen LogP contribution in [0, 0.1) is 17.5 Å². The Kier molecular flexibility index (Phi) is 9.50. The third-order valence-electron chi connectivity index (χ3n) is 7.79. The highest BCUT2D eigenvalue weighted by Crippen LogP contribution is 2.41. The van der Waals surface area contributed by atoms with Gasteiger partial charge in [-0.3, -0.25) is 0 Å². The normalized spacial score (nSPS) is 28.3. The standard InChI is InChI=1S/C27H29F3N8O7S/c1-42-13-5-31-26(32-6-13)17-8-37(35-34-17)18-10-44-11-20(23(18)40)46-27-25(43-2)22(24(41)19(9-39)45-27)38-7-16(33-36-38)12-3-14(28)21(30)15(29)4-12/h3-8,18-20,22-25,27,39-41H,9-11H2,1-2H3. The van der Waals surface area contributed by atoms with Crippen LogP contribution in [0.4, 0.5) is 13.2 Å². The SMILES string of the molecule is COc1cnc(-c2cn(C3COCC(SC4OC(CO)C(O)C(n5cc(-c6cc(F)c(F)c(F)c6)nn5)C4OC)C3O)nn2)nc1. The second kappa shape index (κ2) is 13.6. The maximum Gasteiger partial charge on any atom is 0.194 e. The highest BCUT2D eigenvalue weighted by Gasteiger charge is 2.49. The lowest BCUT2D eigenvalue weighted by atomic mass is 9.97. The summed E-state index contributed by atoms with van der Waals surface area (Å²) >= 11 is 1.17. The Labute approximate surface area is 263 Å². The maximum absolute atomic E-state index is 13.9. The van der Waals surface area contributed by atoms with Gasteiger partial charge in [-0.1, -0.05) is 10.4 Å². The first kappa shape index (κ1) is 32.2. The van der Waals surface area contributed by atoms with Gasteiger partial charge >= 0.3 is 0 Å². The Balaban J connectivity index is 1.21. The minimum absolute atomic E-state index is 0.00211. The second-order valence-corrected chi connectivity index (χ2v) is 11.9. The Bertz CT molecular complexity index is 1630. The Morgan fingerprint density at radius 1 is 0.957 bits per heavy atom. The van der Waals surface area contributed by atoms with Gasteiger partial charge in [0.1, 0.15) is 47.2 Å². The molecule has 3 N–H and O–H groups in total. The van der Waals surface area contributed by atoms with E-state index >= 15 is 0 Å². The first-order valence-electron chi connectivity index (χ1n) is 14.0. The molecule has 3 aromatic heterocycles. The predicted molar refractivity (Wildman–Crippen MR) is 152 cm³/mol. The van der Waals surface area contributed by atoms with Gasteiger partial charge in [0.25, 0.3) is 0 Å². The molecule has 2 aliphatic rings. The highest BCUT2D eigenvalue weighted by molar-refractivity contribution is 8.00. The van der Waals surface area contributed by atoms with Gasteiger partial charge in [-0.15, -0.1) is 22.0 Å². The van der Waals surface area contributed by atoms with Crippen LogP contribution < -0.4 is 4.74 Å². The number of halogens is 3. The molecule has 0 amide bonds. The predicted octanol–water partition coefficient (Wildman–Crippen LogP) is 0.788. The van der Waals surface area contributed by atoms with E-state index in [4.69, 9.17) is 18.9 Å². The zero-order chi connectivity index (χ0) is 32.5. The van der Waals surface area contributed by atoms with Gasteiger partial charge in [0.2, 0.25) is 0 Å². The summed E-state index contributed by atoms with van der Waals surface area (Å²) in [6, 6.07) is -0.0810. The third kappa shape index (κ3) is 6.18. The summed E-state index contributed by atoms with van der Waals surface area (Å²) in [7, 11) is 2.89. The lowest BCUT2D eigenvalue weighted by Crippen LogP contribution is -2.56. The fraction of sp³-hybridized carbons (Fsp3) is 0.481. The quantitative estimate of drug-likeness (QED) is 0.213. The molecule has 19 heteroatoms. The van der Waals surface area contributed by atoms with Crippen LogP contribution >= 0.6 is 11.8 Å². The molecule has 1 aromatic carbocycles. The van der Waals surface area contributed by atoms with Gasteiger partial charge in [-0.05, 0) is 12.1 Å². The van der Waals surface area contributed by atoms with E-state index in [-0.39, 0.29) is 24.5 Å². The van der Waals surface area contributed by atoms with Crippen molar-refractivity contribution in [1.29, 1.82) is 0 Å². The molecule has 0 radical (unpaired) electrons. The van der Waals surface area contributed by atoms with E-state index < -0.39 is 71.2 Å². The van der Waals surface area contributed by atoms with E-state index in [1.54, 1.807) is 6.20 Å². The van der Waals surface area contributed by atoms with E-state index in [0.717, 1.165) is 12.1 Å². The smallest absolute Gasteiger partial charge is 0.194 e. The number of hydrogen-bond donors (Lipinski definition) is 3. The van der Waals surface area contributed by atoms with Gasteiger partial charge in [-0.25, -0.2) is 32.5 Å². The van der Waals surface area contributed by atoms with Crippen LogP contribution in [0.15, 0.2) is 36.9 Å². The Morgan fingerprint density at radius 2 is 1.63 bits per heavy atom. The van der Waals surface area contributed by atoms with E-state index in [1.807, 2.05) is 0 Å². The molecule has 2 aliphatic heterocycles. The van der Waals surface area contributed by atoms with Gasteiger partial charge in [-0.2, -0.15) is 0 Å². The Hall–Kier alpha value is -3.72. The van der Waals surface area contributed by atoms with Crippen LogP contribution in [-0.4, -0.2) is 124 Å². The van der Waals surface area contributed by atoms with Crippen molar-refractivity contribution in [1.82, 2.24) is 40.0 Å². The highest BCUT2D eigenvalue weighted by atomic mass is 32.2. The molecule has 0 spiro atoms. The average molecular weight is 667 g/mol. The van der Waals surface area contributed by atoms with Gasteiger partial charge < -0.3 is 34.3 Å². The van der Waals surface area contributed by atoms with Gasteiger partial charge in [0.05, 0.1) is 63.1 Å². The van der Waals surface area contributed by atoms with Crippen molar-refractivity contribution >= 4 is 11.8 Å². The number of benzene rings is 1. The van der Waals surface area contributed by atoms with Crippen LogP contribution in [0.1, 0.15) is 12.1 Å². The van der Waals surface area contributed by atoms with Gasteiger partial charge in [0.15, 0.2) is 29.0 Å². The fourth-order valence-electron chi connectivity index (χ4n) is 5.35. The molecule has 0 saturated carbocycles. The van der Waals surface area contributed by atoms with Crippen molar-refractivity contribution in [3.05, 3.63) is 54.4 Å². The summed E-state index contributed by atoms with van der Waals surface area (Å²) in [6.07, 6.45) is 1.53. The van der Waals surface area contributed by atoms with Crippen LogP contribution in [0.25, 0.3) is 22.8 Å². The molecular weight excluding hydrogens is 637 g/mol. The van der Waals surface area contributed by atoms with Crippen molar-refractivity contribution in [3.63, 3.8) is 0 Å². The summed E-state index contributed by atoms with van der Waals surface area (Å²) in [5.41, 5.74) is -0.570. The van der Waals surface area contributed by atoms with E-state index in [0.29, 0.717) is 17.3 Å². The number of aliphatic hydroxyl groups excluding tert-OH is 3. The lowest BCUT2D eigenvalue weighted by Gasteiger charge is -2.45. The number of ether oxygens (including phenoxy) is 4. The molecule has 46 heavy (non-hydrogen) atoms. The van der Waals surface area contributed by atoms with Crippen molar-refractivity contribution in [2.75, 3.05) is 34.0 Å². The zero-order valence-corrected chi connectivity index (χ0v) is 25.1. The molecular formula is C27H29F3N8O7S. The van der Waals surface area contributed by atoms with Crippen LogP contribution in [0.5, 0.6) is 5.75 Å². The molecule has 8 atom stereocenters. The first-order chi connectivity index (χ1) is 22.2. The van der Waals surface area contributed by atoms with Gasteiger partial charge in [0, 0.05) is 12.7 Å². The molecule has 0 aliphatic carbocycles. The van der Waals surface area contributed by atoms with Crippen LogP contribution in [-0.2, 0) is 14.2 Å². The van der Waals surface area contributed by atoms with Crippen LogP contribution in [0.3, 0.4) is 0 Å². The van der Waals surface area contributed by atoms with E-state index in [9.17, 15) is 28.5 Å². The third-order valence-corrected chi connectivity index (χ3v) is 9.20. The largest absolute Gasteiger partial charge is 0.494 e. The minimum atomic E-state index is -1.62. The van der Waals surface area contributed by atoms with Crippen LogP contribution in [0.2, 0.25) is 0 Å². The topological polar surface area (TPSA) is 185 Å². The molecule has 6 rings (SSSR count). The minimum Gasteiger partial charge on any atom is -0.494 e. The molecule has 5 heterocycles. The number of nitrogens with zero attached hydrogens (tertiary/aromatic N) is 8. The summed E-state index contributed by atoms with van der Waals surface area (Å²) in [5.74, 6) is -3.62. The molecule has 8 unspecified atom stereocenters. The summed E-state index contributed by atoms with van der Waals surface area (Å²) in [4.78, 5) is 8.42. The number of hydrogen-bond acceptors (Lipinski definition) is 14. The van der Waals surface area contributed by atoms with Crippen molar-refractivity contribution in [2.45, 2.75) is 47.2 Å². The fourth-order valence-corrected chi connectivity index (χ4v) is 6.85. The molecule has 2 saturated heterocycles. The number of rotatable bonds is 9. The maximum atomic E-state index is 13.9. The zero-order valence-electron chi connectivity index (χ0n) is 24.3. The van der Waals surface area contributed by atoms with Crippen molar-refractivity contribution < 1.29 is 47.4 Å². The molecule has 4 aromatic rings. The lowest BCUT2D eigenvalue weighted by molar-refractivity contribution is -0.186. The van der Waals surface area contributed by atoms with E-state index in [1.165, 1.54) is 53.9 Å². The number of aromatic nitrogens is 8. The first-order valence-corrected chi connectivity index (χ1v) is 14.9. The second-order valence-electron chi connectivity index (χ2n) is 10.5. The van der Waals surface area contributed by atoms with Crippen molar-refractivity contribution in [2.24, 2.45) is 0 Å². The molecule has 15 nitrogen and oxygen atoms in total. The molecule has 246 valence electrons. The summed E-state index contributed by atoms with van der Waals surface area (Å²) < 4.78 is 66.6. The number of thioether (sulfide) groups is 1. The Morgan fingerprint density at radius 3 is 2.30 bits per heavy atom. The summed E-state index contributed by atoms with van der Waals surface area (Å²) in [5, 5.41) is 48.3. The summed E-state index contributed by atoms with van der Waals surface area (Å²) in [6.45, 7) is -0.298. The molecule has 2 fully saturated rings. The average Bonchev–Trinajstić information content (AvgIpc) is 3.76. The number of aliphatic hydroxyl groups is 3. The monoisotopic (exact) mass is 666 g/mol. The number of methoxy groups -OCH3 is 2. The van der Waals surface area contributed by atoms with E-state index in [2.05, 4.69) is 30.6 Å².